The third-order valence-electron chi connectivity index (χ3n) is 4.10. The van der Waals surface area contributed by atoms with Gasteiger partial charge >= 0.3 is 5.97 Å². The molecule has 0 aliphatic heterocycles. The maximum atomic E-state index is 13.8. The predicted octanol–water partition coefficient (Wildman–Crippen LogP) is 4.23. The van der Waals surface area contributed by atoms with Crippen LogP contribution in [-0.4, -0.2) is 43.0 Å². The smallest absolute Gasteiger partial charge is 0.338 e. The second kappa shape index (κ2) is 10.0. The quantitative estimate of drug-likeness (QED) is 0.683. The Hall–Kier alpha value is -2.44. The van der Waals surface area contributed by atoms with E-state index in [1.54, 1.807) is 12.1 Å². The molecule has 1 N–H and O–H groups in total. The van der Waals surface area contributed by atoms with Crippen LogP contribution in [0.1, 0.15) is 34.6 Å². The molecule has 0 aliphatic rings. The summed E-state index contributed by atoms with van der Waals surface area (Å²) in [6.45, 7) is 6.88. The average Bonchev–Trinajstić information content (AvgIpc) is 2.65. The zero-order valence-electron chi connectivity index (χ0n) is 15.3. The largest absolute Gasteiger partial charge is 0.461 e. The van der Waals surface area contributed by atoms with Crippen molar-refractivity contribution >= 4 is 29.2 Å². The van der Waals surface area contributed by atoms with Crippen LogP contribution in [0.4, 0.5) is 10.1 Å². The van der Waals surface area contributed by atoms with Crippen molar-refractivity contribution < 1.29 is 18.7 Å². The molecule has 7 heteroatoms. The summed E-state index contributed by atoms with van der Waals surface area (Å²) in [5.74, 6) is -1.79. The highest BCUT2D eigenvalue weighted by atomic mass is 35.5. The number of benzene rings is 2. The number of ether oxygens (including phenoxy) is 1. The molecule has 2 aromatic carbocycles. The molecule has 144 valence electrons. The second-order valence-corrected chi connectivity index (χ2v) is 6.20. The van der Waals surface area contributed by atoms with E-state index in [0.717, 1.165) is 19.2 Å². The average molecular weight is 393 g/mol. The number of likely N-dealkylation sites (N-methyl/N-ethyl adjacent to an activating group) is 1. The Morgan fingerprint density at radius 1 is 1.11 bits per heavy atom. The lowest BCUT2D eigenvalue weighted by molar-refractivity contribution is 0.0466. The number of anilines is 1. The minimum absolute atomic E-state index is 0.0286. The summed E-state index contributed by atoms with van der Waals surface area (Å²) in [6, 6.07) is 10.2. The van der Waals surface area contributed by atoms with Crippen molar-refractivity contribution in [1.29, 1.82) is 0 Å². The van der Waals surface area contributed by atoms with Gasteiger partial charge in [0.1, 0.15) is 12.4 Å². The molecule has 2 rings (SSSR count). The Bertz CT molecular complexity index is 772. The topological polar surface area (TPSA) is 58.6 Å². The van der Waals surface area contributed by atoms with Crippen molar-refractivity contribution in [3.63, 3.8) is 0 Å². The number of nitrogens with zero attached hydrogens (tertiary/aromatic N) is 1. The van der Waals surface area contributed by atoms with Crippen molar-refractivity contribution in [3.05, 3.63) is 64.4 Å². The van der Waals surface area contributed by atoms with E-state index in [1.165, 1.54) is 24.3 Å². The van der Waals surface area contributed by atoms with Crippen LogP contribution in [0.3, 0.4) is 0 Å². The third kappa shape index (κ3) is 5.77. The molecule has 1 amide bonds. The van der Waals surface area contributed by atoms with E-state index < -0.39 is 17.7 Å². The van der Waals surface area contributed by atoms with Crippen molar-refractivity contribution in [2.24, 2.45) is 0 Å². The Morgan fingerprint density at radius 2 is 1.78 bits per heavy atom. The molecule has 0 atom stereocenters. The lowest BCUT2D eigenvalue weighted by Crippen LogP contribution is -2.27. The number of carbonyl (C=O) groups excluding carboxylic acids is 2. The zero-order chi connectivity index (χ0) is 19.8. The van der Waals surface area contributed by atoms with Crippen molar-refractivity contribution in [2.75, 3.05) is 31.6 Å². The van der Waals surface area contributed by atoms with Crippen molar-refractivity contribution in [1.82, 2.24) is 4.90 Å². The summed E-state index contributed by atoms with van der Waals surface area (Å²) in [6.07, 6.45) is 0. The molecule has 5 nitrogen and oxygen atoms in total. The van der Waals surface area contributed by atoms with Crippen LogP contribution in [0.2, 0.25) is 5.02 Å². The number of carbonyl (C=O) groups is 2. The number of amides is 1. The lowest BCUT2D eigenvalue weighted by atomic mass is 10.1. The van der Waals surface area contributed by atoms with E-state index in [4.69, 9.17) is 16.3 Å². The van der Waals surface area contributed by atoms with Crippen LogP contribution in [0.5, 0.6) is 0 Å². The van der Waals surface area contributed by atoms with Gasteiger partial charge in [0.15, 0.2) is 0 Å². The molecule has 0 unspecified atom stereocenters. The number of hydrogen-bond acceptors (Lipinski definition) is 4. The number of nitrogens with one attached hydrogen (secondary N) is 1. The fourth-order valence-corrected chi connectivity index (χ4v) is 2.74. The first-order valence-corrected chi connectivity index (χ1v) is 9.09. The van der Waals surface area contributed by atoms with Gasteiger partial charge in [-0.1, -0.05) is 31.5 Å². The summed E-state index contributed by atoms with van der Waals surface area (Å²) in [7, 11) is 0. The van der Waals surface area contributed by atoms with Crippen LogP contribution in [0, 0.1) is 5.82 Å². The fourth-order valence-electron chi connectivity index (χ4n) is 2.49. The molecule has 2 aromatic rings. The minimum atomic E-state index is -0.701. The predicted molar refractivity (Wildman–Crippen MR) is 104 cm³/mol. The number of halogens is 2. The fraction of sp³-hybridized carbons (Fsp3) is 0.300. The summed E-state index contributed by atoms with van der Waals surface area (Å²) in [5, 5.41) is 2.59. The maximum Gasteiger partial charge on any atom is 0.338 e. The monoisotopic (exact) mass is 392 g/mol. The van der Waals surface area contributed by atoms with E-state index in [1.807, 2.05) is 13.8 Å². The van der Waals surface area contributed by atoms with Gasteiger partial charge < -0.3 is 15.0 Å². The van der Waals surface area contributed by atoms with Crippen LogP contribution in [-0.2, 0) is 4.74 Å². The zero-order valence-corrected chi connectivity index (χ0v) is 16.1. The normalized spacial score (nSPS) is 10.7. The number of esters is 1. The van der Waals surface area contributed by atoms with Crippen LogP contribution < -0.4 is 5.32 Å². The van der Waals surface area contributed by atoms with Crippen molar-refractivity contribution in [2.45, 2.75) is 13.8 Å². The Labute approximate surface area is 163 Å². The molecular weight excluding hydrogens is 371 g/mol. The van der Waals surface area contributed by atoms with Gasteiger partial charge in [-0.25, -0.2) is 9.18 Å². The molecule has 0 aliphatic carbocycles. The van der Waals surface area contributed by atoms with Gasteiger partial charge in [0, 0.05) is 12.2 Å². The van der Waals surface area contributed by atoms with E-state index in [2.05, 4.69) is 10.2 Å². The first kappa shape index (κ1) is 20.9. The Balaban J connectivity index is 1.95. The summed E-state index contributed by atoms with van der Waals surface area (Å²) < 4.78 is 19.0. The highest BCUT2D eigenvalue weighted by Gasteiger charge is 2.16. The van der Waals surface area contributed by atoms with E-state index >= 15 is 0 Å². The number of rotatable bonds is 8. The van der Waals surface area contributed by atoms with Gasteiger partial charge in [-0.15, -0.1) is 0 Å². The summed E-state index contributed by atoms with van der Waals surface area (Å²) >= 11 is 5.88. The Kier molecular flexibility index (Phi) is 7.76. The summed E-state index contributed by atoms with van der Waals surface area (Å²) in [5.41, 5.74) is 0.564. The minimum Gasteiger partial charge on any atom is -0.461 e. The van der Waals surface area contributed by atoms with Gasteiger partial charge in [0.25, 0.3) is 5.91 Å². The third-order valence-corrected chi connectivity index (χ3v) is 4.42. The molecule has 0 saturated carbocycles. The first-order chi connectivity index (χ1) is 13.0. The van der Waals surface area contributed by atoms with Crippen LogP contribution >= 0.6 is 11.6 Å². The van der Waals surface area contributed by atoms with Gasteiger partial charge in [0.2, 0.25) is 0 Å². The standard InChI is InChI=1S/C20H22ClFN2O3/c1-3-24(4-2)12-13-27-20(26)14-8-10-15(11-9-14)23-19(25)18-16(21)6-5-7-17(18)22/h5-11H,3-4,12-13H2,1-2H3,(H,23,25). The van der Waals surface area contributed by atoms with Gasteiger partial charge in [-0.3, -0.25) is 4.79 Å². The SMILES string of the molecule is CCN(CC)CCOC(=O)c1ccc(NC(=O)c2c(F)cccc2Cl)cc1. The molecule has 0 bridgehead atoms. The summed E-state index contributed by atoms with van der Waals surface area (Å²) in [4.78, 5) is 26.4. The Morgan fingerprint density at radius 3 is 2.37 bits per heavy atom. The first-order valence-electron chi connectivity index (χ1n) is 8.71. The van der Waals surface area contributed by atoms with Gasteiger partial charge in [0.05, 0.1) is 16.1 Å². The second-order valence-electron chi connectivity index (χ2n) is 5.79. The van der Waals surface area contributed by atoms with Crippen molar-refractivity contribution in [3.8, 4) is 0 Å². The molecule has 0 saturated heterocycles. The van der Waals surface area contributed by atoms with Gasteiger partial charge in [-0.2, -0.15) is 0 Å². The van der Waals surface area contributed by atoms with Crippen LogP contribution in [0.15, 0.2) is 42.5 Å². The maximum absolute atomic E-state index is 13.8. The van der Waals surface area contributed by atoms with Crippen LogP contribution in [0.25, 0.3) is 0 Å². The molecule has 0 heterocycles. The van der Waals surface area contributed by atoms with Gasteiger partial charge in [-0.05, 0) is 49.5 Å². The highest BCUT2D eigenvalue weighted by Crippen LogP contribution is 2.21. The lowest BCUT2D eigenvalue weighted by Gasteiger charge is -2.17. The molecular formula is C20H22ClFN2O3. The van der Waals surface area contributed by atoms with E-state index in [-0.39, 0.29) is 10.6 Å². The van der Waals surface area contributed by atoms with E-state index in [0.29, 0.717) is 24.4 Å². The molecule has 0 spiro atoms. The number of hydrogen-bond donors (Lipinski definition) is 1. The molecule has 0 fully saturated rings. The van der Waals surface area contributed by atoms with E-state index in [9.17, 15) is 14.0 Å². The molecule has 27 heavy (non-hydrogen) atoms. The molecule has 0 aromatic heterocycles. The molecule has 0 radical (unpaired) electrons. The highest BCUT2D eigenvalue weighted by molar-refractivity contribution is 6.34.